The molecule has 78 valence electrons. The number of rotatable bonds is 3. The van der Waals surface area contributed by atoms with E-state index in [0.29, 0.717) is 11.1 Å². The standard InChI is InChI=1S/C10H6BrIO2S/c11-9-4-6(5-14-9)3-8(13)10-7(12)1-2-15-10/h1-2,4-5H,3H2. The van der Waals surface area contributed by atoms with Crippen molar-refractivity contribution in [2.45, 2.75) is 6.42 Å². The summed E-state index contributed by atoms with van der Waals surface area (Å²) in [5.74, 6) is 0.141. The molecule has 0 aliphatic rings. The SMILES string of the molecule is O=C(Cc1coc(Br)c1)c1sccc1I. The van der Waals surface area contributed by atoms with Crippen LogP contribution in [0.15, 0.2) is 32.9 Å². The van der Waals surface area contributed by atoms with Gasteiger partial charge in [-0.25, -0.2) is 0 Å². The van der Waals surface area contributed by atoms with Gasteiger partial charge in [0, 0.05) is 9.99 Å². The van der Waals surface area contributed by atoms with Crippen LogP contribution in [0.1, 0.15) is 15.2 Å². The summed E-state index contributed by atoms with van der Waals surface area (Å²) in [5, 5.41) is 1.93. The maximum Gasteiger partial charge on any atom is 0.178 e. The van der Waals surface area contributed by atoms with Crippen LogP contribution in [-0.4, -0.2) is 5.78 Å². The maximum atomic E-state index is 11.9. The first-order chi connectivity index (χ1) is 7.16. The van der Waals surface area contributed by atoms with Gasteiger partial charge in [0.15, 0.2) is 10.5 Å². The Kier molecular flexibility index (Phi) is 3.63. The molecule has 0 fully saturated rings. The van der Waals surface area contributed by atoms with Crippen molar-refractivity contribution in [2.24, 2.45) is 0 Å². The summed E-state index contributed by atoms with van der Waals surface area (Å²) in [6.07, 6.45) is 1.99. The van der Waals surface area contributed by atoms with Gasteiger partial charge in [0.2, 0.25) is 0 Å². The molecule has 0 unspecified atom stereocenters. The van der Waals surface area contributed by atoms with E-state index in [0.717, 1.165) is 14.0 Å². The lowest BCUT2D eigenvalue weighted by Crippen LogP contribution is -2.01. The van der Waals surface area contributed by atoms with Gasteiger partial charge in [-0.2, -0.15) is 0 Å². The van der Waals surface area contributed by atoms with E-state index in [2.05, 4.69) is 38.5 Å². The number of carbonyl (C=O) groups excluding carboxylic acids is 1. The first-order valence-electron chi connectivity index (χ1n) is 4.16. The number of ketones is 1. The highest BCUT2D eigenvalue weighted by Crippen LogP contribution is 2.22. The second kappa shape index (κ2) is 4.80. The van der Waals surface area contributed by atoms with E-state index >= 15 is 0 Å². The second-order valence-electron chi connectivity index (χ2n) is 2.96. The van der Waals surface area contributed by atoms with Gasteiger partial charge in [-0.05, 0) is 61.6 Å². The van der Waals surface area contributed by atoms with Gasteiger partial charge in [0.1, 0.15) is 0 Å². The number of halogens is 2. The third kappa shape index (κ3) is 2.70. The molecular weight excluding hydrogens is 391 g/mol. The Morgan fingerprint density at radius 1 is 1.60 bits per heavy atom. The molecule has 0 aliphatic carbocycles. The van der Waals surface area contributed by atoms with Crippen LogP contribution in [0.25, 0.3) is 0 Å². The van der Waals surface area contributed by atoms with Crippen LogP contribution in [0.2, 0.25) is 0 Å². The second-order valence-corrected chi connectivity index (χ2v) is 5.82. The first-order valence-corrected chi connectivity index (χ1v) is 6.91. The molecule has 0 spiro atoms. The fraction of sp³-hybridized carbons (Fsp3) is 0.100. The molecule has 2 rings (SSSR count). The van der Waals surface area contributed by atoms with Crippen molar-refractivity contribution < 1.29 is 9.21 Å². The summed E-state index contributed by atoms with van der Waals surface area (Å²) < 4.78 is 6.76. The normalized spacial score (nSPS) is 10.5. The van der Waals surface area contributed by atoms with Crippen LogP contribution in [0.4, 0.5) is 0 Å². The summed E-state index contributed by atoms with van der Waals surface area (Å²) in [6, 6.07) is 3.77. The van der Waals surface area contributed by atoms with Crippen molar-refractivity contribution in [1.82, 2.24) is 0 Å². The Labute approximate surface area is 113 Å². The van der Waals surface area contributed by atoms with Gasteiger partial charge < -0.3 is 4.42 Å². The van der Waals surface area contributed by atoms with E-state index in [-0.39, 0.29) is 5.78 Å². The van der Waals surface area contributed by atoms with Crippen LogP contribution in [0, 0.1) is 3.57 Å². The number of hydrogen-bond acceptors (Lipinski definition) is 3. The molecule has 2 aromatic rings. The maximum absolute atomic E-state index is 11.9. The third-order valence-corrected chi connectivity index (χ3v) is 4.49. The van der Waals surface area contributed by atoms with Crippen LogP contribution in [0.3, 0.4) is 0 Å². The molecule has 0 radical (unpaired) electrons. The summed E-state index contributed by atoms with van der Waals surface area (Å²) in [7, 11) is 0. The highest BCUT2D eigenvalue weighted by Gasteiger charge is 2.13. The predicted molar refractivity (Wildman–Crippen MR) is 71.5 cm³/mol. The number of thiophene rings is 1. The van der Waals surface area contributed by atoms with Crippen LogP contribution >= 0.6 is 49.9 Å². The molecule has 15 heavy (non-hydrogen) atoms. The molecule has 0 aromatic carbocycles. The molecule has 2 nitrogen and oxygen atoms in total. The average molecular weight is 397 g/mol. The van der Waals surface area contributed by atoms with Crippen molar-refractivity contribution in [3.8, 4) is 0 Å². The zero-order valence-corrected chi connectivity index (χ0v) is 12.1. The number of hydrogen-bond donors (Lipinski definition) is 0. The fourth-order valence-corrected chi connectivity index (χ4v) is 3.41. The van der Waals surface area contributed by atoms with Crippen molar-refractivity contribution >= 4 is 55.6 Å². The monoisotopic (exact) mass is 396 g/mol. The molecule has 0 N–H and O–H groups in total. The summed E-state index contributed by atoms with van der Waals surface area (Å²) >= 11 is 6.87. The van der Waals surface area contributed by atoms with Crippen molar-refractivity contribution in [2.75, 3.05) is 0 Å². The minimum absolute atomic E-state index is 0.141. The van der Waals surface area contributed by atoms with E-state index in [4.69, 9.17) is 4.42 Å². The van der Waals surface area contributed by atoms with Crippen LogP contribution in [0.5, 0.6) is 0 Å². The minimum atomic E-state index is 0.141. The molecule has 0 amide bonds. The quantitative estimate of drug-likeness (QED) is 0.576. The zero-order valence-electron chi connectivity index (χ0n) is 7.50. The molecule has 0 aliphatic heterocycles. The summed E-state index contributed by atoms with van der Waals surface area (Å²) in [6.45, 7) is 0. The molecule has 2 heterocycles. The highest BCUT2D eigenvalue weighted by molar-refractivity contribution is 14.1. The van der Waals surface area contributed by atoms with Gasteiger partial charge in [-0.15, -0.1) is 11.3 Å². The zero-order chi connectivity index (χ0) is 10.8. The number of Topliss-reactive ketones (excluding diaryl/α,β-unsaturated/α-hetero) is 1. The lowest BCUT2D eigenvalue weighted by Gasteiger charge is -1.95. The van der Waals surface area contributed by atoms with Crippen LogP contribution in [-0.2, 0) is 6.42 Å². The van der Waals surface area contributed by atoms with Gasteiger partial charge in [-0.1, -0.05) is 0 Å². The molecular formula is C10H6BrIO2S. The van der Waals surface area contributed by atoms with Crippen molar-refractivity contribution in [3.63, 3.8) is 0 Å². The number of furan rings is 1. The first kappa shape index (κ1) is 11.3. The Hall–Kier alpha value is -0.140. The van der Waals surface area contributed by atoms with E-state index in [1.807, 2.05) is 17.5 Å². The highest BCUT2D eigenvalue weighted by atomic mass is 127. The van der Waals surface area contributed by atoms with Crippen LogP contribution < -0.4 is 0 Å². The summed E-state index contributed by atoms with van der Waals surface area (Å²) in [4.78, 5) is 12.7. The van der Waals surface area contributed by atoms with Crippen molar-refractivity contribution in [1.29, 1.82) is 0 Å². The van der Waals surface area contributed by atoms with Gasteiger partial charge >= 0.3 is 0 Å². The van der Waals surface area contributed by atoms with E-state index in [1.54, 1.807) is 6.26 Å². The summed E-state index contributed by atoms with van der Waals surface area (Å²) in [5.41, 5.74) is 0.899. The lowest BCUT2D eigenvalue weighted by molar-refractivity contribution is 0.0996. The van der Waals surface area contributed by atoms with Crippen molar-refractivity contribution in [3.05, 3.63) is 42.5 Å². The Bertz CT molecular complexity index is 489. The Morgan fingerprint density at radius 2 is 2.40 bits per heavy atom. The van der Waals surface area contributed by atoms with E-state index in [9.17, 15) is 4.79 Å². The van der Waals surface area contributed by atoms with Gasteiger partial charge in [-0.3, -0.25) is 4.79 Å². The predicted octanol–water partition coefficient (Wildman–Crippen LogP) is 4.13. The Balaban J connectivity index is 2.14. The smallest absolute Gasteiger partial charge is 0.178 e. The average Bonchev–Trinajstić information content (AvgIpc) is 2.75. The lowest BCUT2D eigenvalue weighted by atomic mass is 10.1. The molecule has 0 atom stereocenters. The van der Waals surface area contributed by atoms with E-state index in [1.165, 1.54) is 11.3 Å². The van der Waals surface area contributed by atoms with E-state index < -0.39 is 0 Å². The number of carbonyl (C=O) groups is 1. The molecule has 0 saturated carbocycles. The molecule has 0 saturated heterocycles. The van der Waals surface area contributed by atoms with Gasteiger partial charge in [0.25, 0.3) is 0 Å². The van der Waals surface area contributed by atoms with Gasteiger partial charge in [0.05, 0.1) is 11.1 Å². The minimum Gasteiger partial charge on any atom is -0.457 e. The fourth-order valence-electron chi connectivity index (χ4n) is 1.20. The Morgan fingerprint density at radius 3 is 2.93 bits per heavy atom. The topological polar surface area (TPSA) is 30.2 Å². The largest absolute Gasteiger partial charge is 0.457 e. The molecule has 5 heteroatoms. The molecule has 0 bridgehead atoms. The molecule has 2 aromatic heterocycles. The third-order valence-electron chi connectivity index (χ3n) is 1.86.